The molecule has 1 aromatic heterocycles. The molecule has 0 saturated heterocycles. The van der Waals surface area contributed by atoms with Gasteiger partial charge in [-0.25, -0.2) is 9.78 Å². The van der Waals surface area contributed by atoms with Gasteiger partial charge in [0.25, 0.3) is 11.5 Å². The van der Waals surface area contributed by atoms with Gasteiger partial charge in [-0.05, 0) is 60.0 Å². The number of rotatable bonds is 13. The predicted molar refractivity (Wildman–Crippen MR) is 191 cm³/mol. The topological polar surface area (TPSA) is 102 Å². The van der Waals surface area contributed by atoms with Crippen molar-refractivity contribution in [1.29, 1.82) is 0 Å². The summed E-state index contributed by atoms with van der Waals surface area (Å²) in [5.74, 6) is -0.168. The molecule has 1 atom stereocenters. The molecule has 1 N–H and O–H groups in total. The summed E-state index contributed by atoms with van der Waals surface area (Å²) in [5, 5.41) is 10.2. The highest BCUT2D eigenvalue weighted by atomic mass is 16.5. The minimum Gasteiger partial charge on any atom is -0.478 e. The number of unbranched alkanes of at least 4 members (excludes halogenated alkanes) is 1. The summed E-state index contributed by atoms with van der Waals surface area (Å²) in [7, 11) is 0. The van der Waals surface area contributed by atoms with Gasteiger partial charge >= 0.3 is 5.97 Å². The maximum atomic E-state index is 14.3. The number of fused-ring (bicyclic) bond motifs is 1. The van der Waals surface area contributed by atoms with Crippen LogP contribution >= 0.6 is 0 Å². The summed E-state index contributed by atoms with van der Waals surface area (Å²) in [6, 6.07) is 40.2. The van der Waals surface area contributed by atoms with Crippen LogP contribution in [-0.4, -0.2) is 26.5 Å². The second-order valence-corrected chi connectivity index (χ2v) is 11.9. The molecule has 8 nitrogen and oxygen atoms in total. The SMILES string of the molecule is CCCCc1nc2ccc(N(Cc3ccccc3)C(=O)c3ccccc3)cc2c(=O)n1Cc1ccc(OC(C(=O)O)c2ccccc2)cc1. The predicted octanol–water partition coefficient (Wildman–Crippen LogP) is 7.84. The molecule has 246 valence electrons. The average Bonchev–Trinajstić information content (AvgIpc) is 3.14. The van der Waals surface area contributed by atoms with Crippen molar-refractivity contribution in [3.63, 3.8) is 0 Å². The van der Waals surface area contributed by atoms with E-state index in [1.165, 1.54) is 0 Å². The van der Waals surface area contributed by atoms with Crippen molar-refractivity contribution in [2.75, 3.05) is 4.90 Å². The second-order valence-electron chi connectivity index (χ2n) is 11.9. The number of hydrogen-bond donors (Lipinski definition) is 1. The Morgan fingerprint density at radius 2 is 1.47 bits per heavy atom. The number of carbonyl (C=O) groups excluding carboxylic acids is 1. The van der Waals surface area contributed by atoms with E-state index in [2.05, 4.69) is 6.92 Å². The number of amides is 1. The molecular weight excluding hydrogens is 614 g/mol. The largest absolute Gasteiger partial charge is 0.478 e. The Morgan fingerprint density at radius 1 is 0.816 bits per heavy atom. The summed E-state index contributed by atoms with van der Waals surface area (Å²) in [4.78, 5) is 46.7. The normalized spacial score (nSPS) is 11.6. The zero-order chi connectivity index (χ0) is 34.2. The van der Waals surface area contributed by atoms with E-state index in [1.54, 1.807) is 64.1 Å². The third-order valence-electron chi connectivity index (χ3n) is 8.38. The summed E-state index contributed by atoms with van der Waals surface area (Å²) in [6.45, 7) is 2.69. The highest BCUT2D eigenvalue weighted by molar-refractivity contribution is 6.06. The Kier molecular flexibility index (Phi) is 10.2. The second kappa shape index (κ2) is 15.3. The number of carboxylic acids is 1. The van der Waals surface area contributed by atoms with E-state index in [0.29, 0.717) is 52.3 Å². The molecule has 5 aromatic carbocycles. The third-order valence-corrected chi connectivity index (χ3v) is 8.38. The van der Waals surface area contributed by atoms with Crippen LogP contribution in [0, 0.1) is 0 Å². The third kappa shape index (κ3) is 7.76. The van der Waals surface area contributed by atoms with Crippen LogP contribution in [0.1, 0.15) is 58.7 Å². The van der Waals surface area contributed by atoms with Crippen LogP contribution in [0.4, 0.5) is 5.69 Å². The van der Waals surface area contributed by atoms with Crippen LogP contribution in [0.5, 0.6) is 5.75 Å². The number of ether oxygens (including phenoxy) is 1. The van der Waals surface area contributed by atoms with Gasteiger partial charge in [0, 0.05) is 23.2 Å². The lowest BCUT2D eigenvalue weighted by molar-refractivity contribution is -0.145. The summed E-state index contributed by atoms with van der Waals surface area (Å²) < 4.78 is 7.54. The number of aryl methyl sites for hydroxylation is 1. The molecule has 0 aliphatic rings. The van der Waals surface area contributed by atoms with E-state index in [-0.39, 0.29) is 18.0 Å². The number of aliphatic carboxylic acids is 1. The fourth-order valence-electron chi connectivity index (χ4n) is 5.78. The number of hydrogen-bond acceptors (Lipinski definition) is 5. The van der Waals surface area contributed by atoms with Gasteiger partial charge in [0.1, 0.15) is 11.6 Å². The van der Waals surface area contributed by atoms with Crippen LogP contribution in [-0.2, 0) is 24.3 Å². The lowest BCUT2D eigenvalue weighted by Crippen LogP contribution is -2.31. The molecule has 0 fully saturated rings. The van der Waals surface area contributed by atoms with Crippen molar-refractivity contribution >= 4 is 28.5 Å². The molecule has 49 heavy (non-hydrogen) atoms. The number of carbonyl (C=O) groups is 2. The first-order valence-electron chi connectivity index (χ1n) is 16.4. The van der Waals surface area contributed by atoms with Gasteiger partial charge in [-0.1, -0.05) is 104 Å². The average molecular weight is 652 g/mol. The summed E-state index contributed by atoms with van der Waals surface area (Å²) in [6.07, 6.45) is 1.30. The highest BCUT2D eigenvalue weighted by Gasteiger charge is 2.22. The van der Waals surface area contributed by atoms with E-state index in [4.69, 9.17) is 9.72 Å². The van der Waals surface area contributed by atoms with E-state index in [9.17, 15) is 19.5 Å². The molecule has 1 amide bonds. The molecule has 0 spiro atoms. The van der Waals surface area contributed by atoms with E-state index < -0.39 is 12.1 Å². The Balaban J connectivity index is 1.34. The number of carboxylic acid groups (broad SMARTS) is 1. The first-order valence-corrected chi connectivity index (χ1v) is 16.4. The zero-order valence-electron chi connectivity index (χ0n) is 27.2. The summed E-state index contributed by atoms with van der Waals surface area (Å²) in [5.41, 5.74) is 3.87. The molecule has 0 aliphatic heterocycles. The lowest BCUT2D eigenvalue weighted by atomic mass is 10.1. The minimum atomic E-state index is -1.15. The molecule has 1 unspecified atom stereocenters. The van der Waals surface area contributed by atoms with Gasteiger partial charge in [0.05, 0.1) is 24.0 Å². The van der Waals surface area contributed by atoms with Gasteiger partial charge in [-0.15, -0.1) is 0 Å². The van der Waals surface area contributed by atoms with Gasteiger partial charge < -0.3 is 14.7 Å². The Labute approximate surface area is 284 Å². The zero-order valence-corrected chi connectivity index (χ0v) is 27.2. The van der Waals surface area contributed by atoms with Crippen molar-refractivity contribution in [2.24, 2.45) is 0 Å². The molecule has 0 saturated carbocycles. The molecule has 1 heterocycles. The van der Waals surface area contributed by atoms with Gasteiger partial charge in [0.2, 0.25) is 6.10 Å². The van der Waals surface area contributed by atoms with Crippen LogP contribution in [0.2, 0.25) is 0 Å². The van der Waals surface area contributed by atoms with E-state index in [0.717, 1.165) is 24.0 Å². The smallest absolute Gasteiger partial charge is 0.349 e. The maximum absolute atomic E-state index is 14.3. The standard InChI is InChI=1S/C41H37N3O5/c1-2-3-19-37-42-36-25-22-33(43(27-29-13-7-4-8-14-29)39(45)32-17-11-6-12-18-32)26-35(36)40(46)44(37)28-30-20-23-34(24-21-30)49-38(41(47)48)31-15-9-5-10-16-31/h4-18,20-26,38H,2-3,19,27-28H2,1H3,(H,47,48). The van der Waals surface area contributed by atoms with Crippen molar-refractivity contribution in [3.8, 4) is 5.75 Å². The fraction of sp³-hybridized carbons (Fsp3) is 0.171. The Bertz CT molecular complexity index is 2100. The molecule has 0 radical (unpaired) electrons. The van der Waals surface area contributed by atoms with Crippen molar-refractivity contribution in [2.45, 2.75) is 45.4 Å². The first kappa shape index (κ1) is 32.9. The fourth-order valence-corrected chi connectivity index (χ4v) is 5.78. The van der Waals surface area contributed by atoms with Crippen molar-refractivity contribution < 1.29 is 19.4 Å². The lowest BCUT2D eigenvalue weighted by Gasteiger charge is -2.24. The Morgan fingerprint density at radius 3 is 2.12 bits per heavy atom. The molecule has 0 bridgehead atoms. The van der Waals surface area contributed by atoms with Crippen LogP contribution < -0.4 is 15.2 Å². The highest BCUT2D eigenvalue weighted by Crippen LogP contribution is 2.26. The van der Waals surface area contributed by atoms with Crippen molar-refractivity contribution in [1.82, 2.24) is 9.55 Å². The molecule has 6 rings (SSSR count). The molecule has 0 aliphatic carbocycles. The maximum Gasteiger partial charge on any atom is 0.349 e. The van der Waals surface area contributed by atoms with Gasteiger partial charge in [-0.2, -0.15) is 0 Å². The number of aromatic nitrogens is 2. The molecule has 8 heteroatoms. The number of nitrogens with zero attached hydrogens (tertiary/aromatic N) is 3. The summed E-state index contributed by atoms with van der Waals surface area (Å²) >= 11 is 0. The first-order chi connectivity index (χ1) is 23.9. The molecule has 6 aromatic rings. The number of anilines is 1. The molecular formula is C41H37N3O5. The van der Waals surface area contributed by atoms with Crippen molar-refractivity contribution in [3.05, 3.63) is 172 Å². The van der Waals surface area contributed by atoms with Gasteiger partial charge in [-0.3, -0.25) is 14.2 Å². The number of benzene rings is 5. The quantitative estimate of drug-likeness (QED) is 0.137. The monoisotopic (exact) mass is 651 g/mol. The van der Waals surface area contributed by atoms with Crippen LogP contribution in [0.25, 0.3) is 10.9 Å². The van der Waals surface area contributed by atoms with Gasteiger partial charge in [0.15, 0.2) is 0 Å². The Hall–Kier alpha value is -6.02. The van der Waals surface area contributed by atoms with Crippen LogP contribution in [0.3, 0.4) is 0 Å². The van der Waals surface area contributed by atoms with E-state index in [1.807, 2.05) is 78.9 Å². The van der Waals surface area contributed by atoms with E-state index >= 15 is 0 Å². The minimum absolute atomic E-state index is 0.170. The van der Waals surface area contributed by atoms with Crippen LogP contribution in [0.15, 0.2) is 138 Å².